The molecule has 5 heteroatoms. The Kier molecular flexibility index (Phi) is 6.29. The number of piperidine rings is 1. The zero-order valence-corrected chi connectivity index (χ0v) is 17.7. The lowest BCUT2D eigenvalue weighted by atomic mass is 10.0. The number of ether oxygens (including phenoxy) is 1. The van der Waals surface area contributed by atoms with E-state index in [9.17, 15) is 4.79 Å². The molecule has 2 heterocycles. The molecule has 4 rings (SSSR count). The molecule has 0 saturated carbocycles. The number of para-hydroxylation sites is 1. The second kappa shape index (κ2) is 9.26. The molecule has 1 aliphatic rings. The maximum absolute atomic E-state index is 13.2. The molecule has 0 radical (unpaired) electrons. The first kappa shape index (κ1) is 20.4. The highest BCUT2D eigenvalue weighted by molar-refractivity contribution is 6.07. The minimum atomic E-state index is -0.0164. The van der Waals surface area contributed by atoms with Crippen LogP contribution >= 0.6 is 0 Å². The van der Waals surface area contributed by atoms with Crippen LogP contribution in [0.3, 0.4) is 0 Å². The maximum Gasteiger partial charge on any atom is 0.252 e. The Hall–Kier alpha value is -2.92. The predicted octanol–water partition coefficient (Wildman–Crippen LogP) is 4.51. The lowest BCUT2D eigenvalue weighted by Crippen LogP contribution is -2.44. The fourth-order valence-electron chi connectivity index (χ4n) is 4.15. The van der Waals surface area contributed by atoms with Crippen LogP contribution in [0.4, 0.5) is 0 Å². The number of benzene rings is 2. The van der Waals surface area contributed by atoms with Gasteiger partial charge in [0, 0.05) is 30.1 Å². The van der Waals surface area contributed by atoms with Gasteiger partial charge in [-0.05, 0) is 62.2 Å². The highest BCUT2D eigenvalue weighted by Gasteiger charge is 2.22. The summed E-state index contributed by atoms with van der Waals surface area (Å²) in [6.45, 7) is 5.45. The van der Waals surface area contributed by atoms with Crippen LogP contribution in [0.25, 0.3) is 22.2 Å². The summed E-state index contributed by atoms with van der Waals surface area (Å²) in [4.78, 5) is 20.5. The summed E-state index contributed by atoms with van der Waals surface area (Å²) in [5, 5.41) is 4.16. The summed E-state index contributed by atoms with van der Waals surface area (Å²) in [6, 6.07) is 17.7. The number of carbonyl (C=O) groups excluding carboxylic acids is 1. The summed E-state index contributed by atoms with van der Waals surface area (Å²) in [6.07, 6.45) is 3.17. The van der Waals surface area contributed by atoms with Crippen LogP contribution in [0, 0.1) is 0 Å². The standard InChI is InChI=1S/C25H29N3O2/c1-3-14-28-15-12-19(13-16-28)26-25(29)22-17-24(18-8-10-20(30-2)11-9-18)27-23-7-5-4-6-21(22)23/h4-11,17,19H,3,12-16H2,1-2H3,(H,26,29). The van der Waals surface area contributed by atoms with Crippen molar-refractivity contribution in [1.82, 2.24) is 15.2 Å². The second-order valence-electron chi connectivity index (χ2n) is 7.89. The molecule has 0 unspecified atom stereocenters. The number of amides is 1. The molecule has 1 saturated heterocycles. The molecule has 5 nitrogen and oxygen atoms in total. The summed E-state index contributed by atoms with van der Waals surface area (Å²) in [5.74, 6) is 0.782. The van der Waals surface area contributed by atoms with Crippen molar-refractivity contribution in [3.8, 4) is 17.0 Å². The minimum Gasteiger partial charge on any atom is -0.497 e. The molecule has 156 valence electrons. The number of carbonyl (C=O) groups is 1. The third-order valence-corrected chi connectivity index (χ3v) is 5.81. The van der Waals surface area contributed by atoms with Gasteiger partial charge in [0.05, 0.1) is 23.9 Å². The van der Waals surface area contributed by atoms with E-state index in [2.05, 4.69) is 17.1 Å². The van der Waals surface area contributed by atoms with Crippen molar-refractivity contribution >= 4 is 16.8 Å². The molecule has 0 spiro atoms. The van der Waals surface area contributed by atoms with Crippen LogP contribution in [0.1, 0.15) is 36.5 Å². The monoisotopic (exact) mass is 403 g/mol. The van der Waals surface area contributed by atoms with Crippen molar-refractivity contribution < 1.29 is 9.53 Å². The number of aromatic nitrogens is 1. The first-order valence-electron chi connectivity index (χ1n) is 10.8. The van der Waals surface area contributed by atoms with E-state index in [1.807, 2.05) is 54.6 Å². The van der Waals surface area contributed by atoms with Gasteiger partial charge < -0.3 is 15.0 Å². The Morgan fingerprint density at radius 2 is 1.87 bits per heavy atom. The number of fused-ring (bicyclic) bond motifs is 1. The van der Waals surface area contributed by atoms with Crippen molar-refractivity contribution in [1.29, 1.82) is 0 Å². The van der Waals surface area contributed by atoms with Gasteiger partial charge in [0.2, 0.25) is 0 Å². The van der Waals surface area contributed by atoms with Crippen LogP contribution in [0.5, 0.6) is 5.75 Å². The first-order chi connectivity index (χ1) is 14.7. The lowest BCUT2D eigenvalue weighted by molar-refractivity contribution is 0.0913. The molecule has 1 fully saturated rings. The SMILES string of the molecule is CCCN1CCC(NC(=O)c2cc(-c3ccc(OC)cc3)nc3ccccc23)CC1. The van der Waals surface area contributed by atoms with E-state index < -0.39 is 0 Å². The van der Waals surface area contributed by atoms with E-state index in [4.69, 9.17) is 9.72 Å². The maximum atomic E-state index is 13.2. The predicted molar refractivity (Wildman–Crippen MR) is 121 cm³/mol. The van der Waals surface area contributed by atoms with E-state index in [1.165, 1.54) is 6.42 Å². The number of hydrogen-bond acceptors (Lipinski definition) is 4. The molecule has 1 N–H and O–H groups in total. The Balaban J connectivity index is 1.60. The molecular weight excluding hydrogens is 374 g/mol. The molecule has 1 aliphatic heterocycles. The highest BCUT2D eigenvalue weighted by Crippen LogP contribution is 2.26. The molecule has 1 amide bonds. The normalized spacial score (nSPS) is 15.3. The van der Waals surface area contributed by atoms with Gasteiger partial charge in [-0.15, -0.1) is 0 Å². The number of rotatable bonds is 6. The largest absolute Gasteiger partial charge is 0.497 e. The quantitative estimate of drug-likeness (QED) is 0.658. The molecule has 0 atom stereocenters. The molecule has 0 bridgehead atoms. The summed E-state index contributed by atoms with van der Waals surface area (Å²) >= 11 is 0. The van der Waals surface area contributed by atoms with Gasteiger partial charge in [-0.1, -0.05) is 25.1 Å². The lowest BCUT2D eigenvalue weighted by Gasteiger charge is -2.32. The fraction of sp³-hybridized carbons (Fsp3) is 0.360. The van der Waals surface area contributed by atoms with E-state index in [0.717, 1.165) is 60.4 Å². The van der Waals surface area contributed by atoms with Crippen LogP contribution in [-0.4, -0.2) is 48.6 Å². The van der Waals surface area contributed by atoms with Crippen LogP contribution in [0.15, 0.2) is 54.6 Å². The number of hydrogen-bond donors (Lipinski definition) is 1. The van der Waals surface area contributed by atoms with E-state index in [0.29, 0.717) is 5.56 Å². The smallest absolute Gasteiger partial charge is 0.252 e. The Labute approximate surface area is 178 Å². The van der Waals surface area contributed by atoms with Gasteiger partial charge in [0.15, 0.2) is 0 Å². The average Bonchev–Trinajstić information content (AvgIpc) is 2.80. The number of nitrogens with one attached hydrogen (secondary N) is 1. The zero-order chi connectivity index (χ0) is 20.9. The van der Waals surface area contributed by atoms with E-state index >= 15 is 0 Å². The first-order valence-corrected chi connectivity index (χ1v) is 10.8. The van der Waals surface area contributed by atoms with Gasteiger partial charge in [0.1, 0.15) is 5.75 Å². The molecule has 30 heavy (non-hydrogen) atoms. The topological polar surface area (TPSA) is 54.5 Å². The minimum absolute atomic E-state index is 0.0164. The summed E-state index contributed by atoms with van der Waals surface area (Å²) in [5.41, 5.74) is 3.26. The van der Waals surface area contributed by atoms with Gasteiger partial charge in [-0.3, -0.25) is 4.79 Å². The Morgan fingerprint density at radius 3 is 2.57 bits per heavy atom. The average molecular weight is 404 g/mol. The fourth-order valence-corrected chi connectivity index (χ4v) is 4.15. The molecule has 0 aliphatic carbocycles. The van der Waals surface area contributed by atoms with Crippen molar-refractivity contribution in [3.63, 3.8) is 0 Å². The molecule has 2 aromatic carbocycles. The third-order valence-electron chi connectivity index (χ3n) is 5.81. The summed E-state index contributed by atoms with van der Waals surface area (Å²) in [7, 11) is 1.65. The van der Waals surface area contributed by atoms with Crippen LogP contribution < -0.4 is 10.1 Å². The van der Waals surface area contributed by atoms with Crippen molar-refractivity contribution in [2.45, 2.75) is 32.2 Å². The Morgan fingerprint density at radius 1 is 1.13 bits per heavy atom. The van der Waals surface area contributed by atoms with Crippen molar-refractivity contribution in [2.24, 2.45) is 0 Å². The number of methoxy groups -OCH3 is 1. The third kappa shape index (κ3) is 4.46. The Bertz CT molecular complexity index is 1010. The van der Waals surface area contributed by atoms with Gasteiger partial charge in [-0.25, -0.2) is 4.98 Å². The number of nitrogens with zero attached hydrogens (tertiary/aromatic N) is 2. The summed E-state index contributed by atoms with van der Waals surface area (Å²) < 4.78 is 5.26. The zero-order valence-electron chi connectivity index (χ0n) is 17.7. The molecular formula is C25H29N3O2. The van der Waals surface area contributed by atoms with Gasteiger partial charge in [0.25, 0.3) is 5.91 Å². The van der Waals surface area contributed by atoms with E-state index in [1.54, 1.807) is 7.11 Å². The van der Waals surface area contributed by atoms with E-state index in [-0.39, 0.29) is 11.9 Å². The molecule has 1 aromatic heterocycles. The second-order valence-corrected chi connectivity index (χ2v) is 7.89. The van der Waals surface area contributed by atoms with Crippen LogP contribution in [-0.2, 0) is 0 Å². The van der Waals surface area contributed by atoms with Gasteiger partial charge >= 0.3 is 0 Å². The van der Waals surface area contributed by atoms with Crippen molar-refractivity contribution in [3.05, 3.63) is 60.2 Å². The van der Waals surface area contributed by atoms with Crippen molar-refractivity contribution in [2.75, 3.05) is 26.7 Å². The van der Waals surface area contributed by atoms with Gasteiger partial charge in [-0.2, -0.15) is 0 Å². The van der Waals surface area contributed by atoms with Crippen LogP contribution in [0.2, 0.25) is 0 Å². The highest BCUT2D eigenvalue weighted by atomic mass is 16.5. The molecule has 3 aromatic rings. The number of pyridine rings is 1. The number of likely N-dealkylation sites (tertiary alicyclic amines) is 1.